The second kappa shape index (κ2) is 8.89. The Morgan fingerprint density at radius 2 is 2.03 bits per heavy atom. The smallest absolute Gasteiger partial charge is 0.335 e. The van der Waals surface area contributed by atoms with Gasteiger partial charge in [0.2, 0.25) is 5.91 Å². The van der Waals surface area contributed by atoms with Gasteiger partial charge in [0.15, 0.2) is 0 Å². The number of carbonyl (C=O) groups excluding carboxylic acids is 1. The summed E-state index contributed by atoms with van der Waals surface area (Å²) in [5.74, 6) is -1.09. The van der Waals surface area contributed by atoms with E-state index in [4.69, 9.17) is 0 Å². The van der Waals surface area contributed by atoms with Crippen molar-refractivity contribution in [3.05, 3.63) is 101 Å². The zero-order valence-electron chi connectivity index (χ0n) is 16.9. The van der Waals surface area contributed by atoms with Gasteiger partial charge in [-0.15, -0.1) is 11.8 Å². The number of carbonyl (C=O) groups is 2. The number of benzene rings is 2. The molecular formula is C24H21FN2O3S. The van der Waals surface area contributed by atoms with Crippen molar-refractivity contribution < 1.29 is 19.1 Å². The van der Waals surface area contributed by atoms with E-state index in [1.807, 2.05) is 30.0 Å². The zero-order chi connectivity index (χ0) is 22.0. The highest BCUT2D eigenvalue weighted by atomic mass is 32.2. The standard InChI is InChI=1S/C24H21FN2O3S/c1-15-11-17(24(29)30)6-9-20(15)21(18-3-2-10-26-12-18)13-27-22(28)14-31-23(27)16-4-7-19(25)8-5-16/h2-12,21,23H,13-14H2,1H3,(H,29,30). The van der Waals surface area contributed by atoms with Crippen LogP contribution in [0.1, 0.15) is 43.9 Å². The lowest BCUT2D eigenvalue weighted by Gasteiger charge is -2.30. The molecule has 1 amide bonds. The Kier molecular flexibility index (Phi) is 6.04. The maximum atomic E-state index is 13.4. The third kappa shape index (κ3) is 4.46. The van der Waals surface area contributed by atoms with Crippen molar-refractivity contribution in [2.45, 2.75) is 18.2 Å². The molecule has 2 heterocycles. The van der Waals surface area contributed by atoms with Crippen molar-refractivity contribution in [1.29, 1.82) is 0 Å². The topological polar surface area (TPSA) is 70.5 Å². The first kappa shape index (κ1) is 21.1. The maximum absolute atomic E-state index is 13.4. The summed E-state index contributed by atoms with van der Waals surface area (Å²) in [6, 6.07) is 15.1. The number of hydrogen-bond donors (Lipinski definition) is 1. The predicted octanol–water partition coefficient (Wildman–Crippen LogP) is 4.63. The van der Waals surface area contributed by atoms with Gasteiger partial charge in [-0.1, -0.05) is 24.3 Å². The Morgan fingerprint density at radius 1 is 1.26 bits per heavy atom. The van der Waals surface area contributed by atoms with E-state index in [0.717, 1.165) is 22.3 Å². The van der Waals surface area contributed by atoms with Crippen molar-refractivity contribution >= 4 is 23.6 Å². The van der Waals surface area contributed by atoms with E-state index in [9.17, 15) is 19.1 Å². The third-order valence-electron chi connectivity index (χ3n) is 5.48. The average molecular weight is 437 g/mol. The fraction of sp³-hybridized carbons (Fsp3) is 0.208. The van der Waals surface area contributed by atoms with Gasteiger partial charge >= 0.3 is 5.97 Å². The van der Waals surface area contributed by atoms with Crippen LogP contribution in [0.4, 0.5) is 4.39 Å². The molecular weight excluding hydrogens is 415 g/mol. The highest BCUT2D eigenvalue weighted by molar-refractivity contribution is 8.00. The van der Waals surface area contributed by atoms with E-state index in [2.05, 4.69) is 4.98 Å². The van der Waals surface area contributed by atoms with Gasteiger partial charge in [-0.25, -0.2) is 9.18 Å². The van der Waals surface area contributed by atoms with E-state index in [0.29, 0.717) is 12.3 Å². The lowest BCUT2D eigenvalue weighted by molar-refractivity contribution is -0.128. The summed E-state index contributed by atoms with van der Waals surface area (Å²) in [7, 11) is 0. The van der Waals surface area contributed by atoms with Gasteiger partial charge in [-0.3, -0.25) is 9.78 Å². The van der Waals surface area contributed by atoms with Crippen LogP contribution >= 0.6 is 11.8 Å². The lowest BCUT2D eigenvalue weighted by atomic mass is 9.88. The van der Waals surface area contributed by atoms with Gasteiger partial charge in [-0.05, 0) is 59.5 Å². The van der Waals surface area contributed by atoms with Crippen LogP contribution in [0, 0.1) is 12.7 Å². The van der Waals surface area contributed by atoms with Crippen LogP contribution in [0.15, 0.2) is 67.0 Å². The largest absolute Gasteiger partial charge is 0.478 e. The summed E-state index contributed by atoms with van der Waals surface area (Å²) < 4.78 is 13.4. The quantitative estimate of drug-likeness (QED) is 0.610. The molecule has 4 rings (SSSR count). The number of rotatable bonds is 6. The average Bonchev–Trinajstić information content (AvgIpc) is 3.13. The Balaban J connectivity index is 1.72. The number of halogens is 1. The van der Waals surface area contributed by atoms with Crippen LogP contribution in [0.25, 0.3) is 0 Å². The van der Waals surface area contributed by atoms with Gasteiger partial charge in [0.1, 0.15) is 11.2 Å². The molecule has 1 saturated heterocycles. The molecule has 1 aromatic heterocycles. The summed E-state index contributed by atoms with van der Waals surface area (Å²) >= 11 is 1.52. The normalized spacial score (nSPS) is 17.0. The number of pyridine rings is 1. The van der Waals surface area contributed by atoms with Crippen LogP contribution in [0.3, 0.4) is 0 Å². The minimum atomic E-state index is -0.977. The number of aromatic carboxylic acids is 1. The second-order valence-corrected chi connectivity index (χ2v) is 8.55. The first-order valence-electron chi connectivity index (χ1n) is 9.84. The maximum Gasteiger partial charge on any atom is 0.335 e. The Bertz CT molecular complexity index is 1110. The molecule has 158 valence electrons. The minimum absolute atomic E-state index is 0.0213. The van der Waals surface area contributed by atoms with Gasteiger partial charge < -0.3 is 10.0 Å². The molecule has 1 N–H and O–H groups in total. The van der Waals surface area contributed by atoms with Gasteiger partial charge in [0.25, 0.3) is 0 Å². The molecule has 0 bridgehead atoms. The van der Waals surface area contributed by atoms with E-state index in [1.165, 1.54) is 23.9 Å². The van der Waals surface area contributed by atoms with Crippen molar-refractivity contribution in [3.63, 3.8) is 0 Å². The second-order valence-electron chi connectivity index (χ2n) is 7.48. The third-order valence-corrected chi connectivity index (χ3v) is 6.74. The molecule has 7 heteroatoms. The van der Waals surface area contributed by atoms with E-state index in [1.54, 1.807) is 36.7 Å². The fourth-order valence-corrected chi connectivity index (χ4v) is 5.12. The van der Waals surface area contributed by atoms with E-state index < -0.39 is 5.97 Å². The predicted molar refractivity (Wildman–Crippen MR) is 118 cm³/mol. The first-order chi connectivity index (χ1) is 14.9. The van der Waals surface area contributed by atoms with E-state index in [-0.39, 0.29) is 28.6 Å². The number of carboxylic acid groups (broad SMARTS) is 1. The molecule has 5 nitrogen and oxygen atoms in total. The molecule has 1 fully saturated rings. The van der Waals surface area contributed by atoms with Crippen LogP contribution in [0.2, 0.25) is 0 Å². The summed E-state index contributed by atoms with van der Waals surface area (Å²) in [4.78, 5) is 30.2. The van der Waals surface area contributed by atoms with Gasteiger partial charge in [0.05, 0.1) is 11.3 Å². The number of thioether (sulfide) groups is 1. The fourth-order valence-electron chi connectivity index (χ4n) is 3.92. The van der Waals surface area contributed by atoms with Crippen LogP contribution in [-0.2, 0) is 4.79 Å². The number of aryl methyl sites for hydroxylation is 1. The SMILES string of the molecule is Cc1cc(C(=O)O)ccc1C(CN1C(=O)CSC1c1ccc(F)cc1)c1cccnc1. The van der Waals surface area contributed by atoms with E-state index >= 15 is 0 Å². The molecule has 0 spiro atoms. The molecule has 3 aromatic rings. The van der Waals surface area contributed by atoms with Gasteiger partial charge in [-0.2, -0.15) is 0 Å². The van der Waals surface area contributed by atoms with Crippen LogP contribution in [-0.4, -0.2) is 39.2 Å². The Labute approximate surface area is 183 Å². The summed E-state index contributed by atoms with van der Waals surface area (Å²) in [5.41, 5.74) is 3.83. The minimum Gasteiger partial charge on any atom is -0.478 e. The molecule has 2 aromatic carbocycles. The molecule has 0 radical (unpaired) electrons. The van der Waals surface area contributed by atoms with Crippen molar-refractivity contribution in [1.82, 2.24) is 9.88 Å². The van der Waals surface area contributed by atoms with Gasteiger partial charge in [0, 0.05) is 24.9 Å². The number of aromatic nitrogens is 1. The molecule has 0 aliphatic carbocycles. The first-order valence-corrected chi connectivity index (χ1v) is 10.9. The number of amides is 1. The molecule has 31 heavy (non-hydrogen) atoms. The van der Waals surface area contributed by atoms with Crippen molar-refractivity contribution in [3.8, 4) is 0 Å². The number of nitrogens with zero attached hydrogens (tertiary/aromatic N) is 2. The molecule has 0 saturated carbocycles. The Hall–Kier alpha value is -3.19. The lowest BCUT2D eigenvalue weighted by Crippen LogP contribution is -2.33. The molecule has 2 atom stereocenters. The van der Waals surface area contributed by atoms with Crippen molar-refractivity contribution in [2.75, 3.05) is 12.3 Å². The zero-order valence-corrected chi connectivity index (χ0v) is 17.7. The van der Waals surface area contributed by atoms with Crippen LogP contribution < -0.4 is 0 Å². The molecule has 2 unspecified atom stereocenters. The summed E-state index contributed by atoms with van der Waals surface area (Å²) in [6.07, 6.45) is 3.47. The summed E-state index contributed by atoms with van der Waals surface area (Å²) in [6.45, 7) is 2.29. The van der Waals surface area contributed by atoms with Crippen LogP contribution in [0.5, 0.6) is 0 Å². The summed E-state index contributed by atoms with van der Waals surface area (Å²) in [5, 5.41) is 9.11. The Morgan fingerprint density at radius 3 is 2.68 bits per heavy atom. The van der Waals surface area contributed by atoms with Crippen molar-refractivity contribution in [2.24, 2.45) is 0 Å². The molecule has 1 aliphatic heterocycles. The number of hydrogen-bond acceptors (Lipinski definition) is 4. The highest BCUT2D eigenvalue weighted by Gasteiger charge is 2.35. The highest BCUT2D eigenvalue weighted by Crippen LogP contribution is 2.41. The monoisotopic (exact) mass is 436 g/mol. The number of carboxylic acids is 1. The molecule has 1 aliphatic rings.